The molecular weight excluding hydrogens is 408 g/mol. The Morgan fingerprint density at radius 3 is 2.62 bits per heavy atom. The minimum Gasteiger partial charge on any atom is -0.382 e. The van der Waals surface area contributed by atoms with E-state index >= 15 is 0 Å². The predicted molar refractivity (Wildman–Crippen MR) is 114 cm³/mol. The van der Waals surface area contributed by atoms with Gasteiger partial charge in [0.2, 0.25) is 0 Å². The molecule has 1 aliphatic carbocycles. The Morgan fingerprint density at radius 1 is 1.09 bits per heavy atom. The van der Waals surface area contributed by atoms with E-state index in [1.807, 2.05) is 30.1 Å². The first-order valence-electron chi connectivity index (χ1n) is 10.6. The summed E-state index contributed by atoms with van der Waals surface area (Å²) in [5.74, 6) is 1.57. The van der Waals surface area contributed by atoms with Crippen LogP contribution >= 0.6 is 0 Å². The number of ether oxygens (including phenoxy) is 1. The maximum absolute atomic E-state index is 5.72. The third kappa shape index (κ3) is 2.98. The van der Waals surface area contributed by atoms with Crippen molar-refractivity contribution in [2.45, 2.75) is 37.6 Å². The Kier molecular flexibility index (Phi) is 4.29. The lowest BCUT2D eigenvalue weighted by Gasteiger charge is -2.39. The molecular formula is C22H22N8O2. The van der Waals surface area contributed by atoms with Gasteiger partial charge in [-0.3, -0.25) is 9.67 Å². The minimum atomic E-state index is -0.285. The van der Waals surface area contributed by atoms with Gasteiger partial charge in [0.1, 0.15) is 11.5 Å². The van der Waals surface area contributed by atoms with E-state index in [9.17, 15) is 0 Å². The van der Waals surface area contributed by atoms with Gasteiger partial charge in [-0.2, -0.15) is 10.1 Å². The molecule has 5 heterocycles. The summed E-state index contributed by atoms with van der Waals surface area (Å²) in [6, 6.07) is 4.32. The van der Waals surface area contributed by atoms with E-state index in [0.29, 0.717) is 30.7 Å². The molecule has 4 aromatic rings. The molecule has 2 aliphatic rings. The molecule has 10 nitrogen and oxygen atoms in total. The fourth-order valence-electron chi connectivity index (χ4n) is 4.30. The highest BCUT2D eigenvalue weighted by atomic mass is 16.5. The quantitative estimate of drug-likeness (QED) is 0.507. The summed E-state index contributed by atoms with van der Waals surface area (Å²) in [6.45, 7) is 3.25. The Morgan fingerprint density at radius 2 is 1.97 bits per heavy atom. The number of nitrogen functional groups attached to an aromatic ring is 1. The van der Waals surface area contributed by atoms with Gasteiger partial charge < -0.3 is 15.0 Å². The van der Waals surface area contributed by atoms with Gasteiger partial charge in [-0.15, -0.1) is 0 Å². The summed E-state index contributed by atoms with van der Waals surface area (Å²) < 4.78 is 12.8. The minimum absolute atomic E-state index is 0.281. The van der Waals surface area contributed by atoms with Gasteiger partial charge in [-0.05, 0) is 31.4 Å². The van der Waals surface area contributed by atoms with E-state index in [4.69, 9.17) is 20.0 Å². The second-order valence-corrected chi connectivity index (χ2v) is 8.42. The van der Waals surface area contributed by atoms with E-state index in [1.54, 1.807) is 12.4 Å². The summed E-state index contributed by atoms with van der Waals surface area (Å²) in [6.07, 6.45) is 10.1. The van der Waals surface area contributed by atoms with Crippen LogP contribution in [-0.2, 0) is 10.2 Å². The molecule has 4 aromatic heterocycles. The zero-order valence-corrected chi connectivity index (χ0v) is 17.6. The summed E-state index contributed by atoms with van der Waals surface area (Å²) in [5, 5.41) is 8.75. The van der Waals surface area contributed by atoms with Crippen LogP contribution in [0.15, 0.2) is 41.4 Å². The van der Waals surface area contributed by atoms with Crippen molar-refractivity contribution < 1.29 is 9.26 Å². The number of aromatic nitrogens is 7. The maximum atomic E-state index is 5.72. The lowest BCUT2D eigenvalue weighted by Crippen LogP contribution is -2.36. The molecule has 1 aliphatic heterocycles. The zero-order valence-electron chi connectivity index (χ0n) is 17.6. The van der Waals surface area contributed by atoms with E-state index in [2.05, 4.69) is 31.3 Å². The first-order valence-corrected chi connectivity index (χ1v) is 10.6. The lowest BCUT2D eigenvalue weighted by atomic mass is 9.64. The zero-order chi connectivity index (χ0) is 21.7. The Bertz CT molecular complexity index is 1270. The first-order chi connectivity index (χ1) is 15.6. The molecule has 162 valence electrons. The van der Waals surface area contributed by atoms with Gasteiger partial charge in [0.25, 0.3) is 5.89 Å². The molecule has 1 saturated heterocycles. The topological polar surface area (TPSA) is 131 Å². The van der Waals surface area contributed by atoms with Crippen LogP contribution in [0.25, 0.3) is 22.8 Å². The molecule has 0 amide bonds. The van der Waals surface area contributed by atoms with Gasteiger partial charge >= 0.3 is 0 Å². The van der Waals surface area contributed by atoms with Crippen LogP contribution in [0.4, 0.5) is 5.82 Å². The van der Waals surface area contributed by atoms with Crippen LogP contribution in [0.5, 0.6) is 0 Å². The van der Waals surface area contributed by atoms with E-state index in [-0.39, 0.29) is 11.5 Å². The van der Waals surface area contributed by atoms with Crippen molar-refractivity contribution in [1.29, 1.82) is 0 Å². The molecule has 0 atom stereocenters. The summed E-state index contributed by atoms with van der Waals surface area (Å²) in [7, 11) is 0. The third-order valence-corrected chi connectivity index (χ3v) is 6.43. The second-order valence-electron chi connectivity index (χ2n) is 8.42. The summed E-state index contributed by atoms with van der Waals surface area (Å²) >= 11 is 0. The Hall–Kier alpha value is -3.66. The number of hydrogen-bond donors (Lipinski definition) is 1. The second kappa shape index (κ2) is 7.20. The molecule has 0 spiro atoms. The van der Waals surface area contributed by atoms with Crippen molar-refractivity contribution in [2.24, 2.45) is 0 Å². The standard InChI is InChI=1S/C22H22N8O2/c1-13-19(25-9-18(23)27-13)17-4-3-15(8-24-17)22(5-2-6-22)21-28-20(32-29-21)14-7-26-30(10-14)16-11-31-12-16/h3-4,7-10,16H,2,5-6,11-12H2,1H3,(H2,23,27). The smallest absolute Gasteiger partial charge is 0.261 e. The fraction of sp³-hybridized carbons (Fsp3) is 0.364. The molecule has 32 heavy (non-hydrogen) atoms. The highest BCUT2D eigenvalue weighted by Crippen LogP contribution is 2.48. The number of rotatable bonds is 5. The third-order valence-electron chi connectivity index (χ3n) is 6.43. The number of pyridine rings is 1. The van der Waals surface area contributed by atoms with E-state index in [0.717, 1.165) is 47.5 Å². The van der Waals surface area contributed by atoms with Crippen LogP contribution in [0, 0.1) is 6.92 Å². The average molecular weight is 430 g/mol. The number of anilines is 1. The maximum Gasteiger partial charge on any atom is 0.261 e. The van der Waals surface area contributed by atoms with Crippen molar-refractivity contribution in [2.75, 3.05) is 18.9 Å². The molecule has 0 bridgehead atoms. The average Bonchev–Trinajstić information content (AvgIpc) is 3.37. The largest absolute Gasteiger partial charge is 0.382 e. The van der Waals surface area contributed by atoms with E-state index in [1.165, 1.54) is 0 Å². The van der Waals surface area contributed by atoms with Gasteiger partial charge in [-0.25, -0.2) is 9.97 Å². The molecule has 2 N–H and O–H groups in total. The van der Waals surface area contributed by atoms with Crippen LogP contribution in [0.1, 0.15) is 42.4 Å². The van der Waals surface area contributed by atoms with Gasteiger partial charge in [-0.1, -0.05) is 17.6 Å². The molecule has 1 saturated carbocycles. The van der Waals surface area contributed by atoms with E-state index < -0.39 is 0 Å². The normalized spacial score (nSPS) is 17.7. The number of nitrogens with two attached hydrogens (primary N) is 1. The van der Waals surface area contributed by atoms with Crippen molar-refractivity contribution in [3.63, 3.8) is 0 Å². The van der Waals surface area contributed by atoms with Crippen LogP contribution in [-0.4, -0.2) is 48.1 Å². The Labute approximate surface area is 183 Å². The molecule has 0 aromatic carbocycles. The molecule has 0 radical (unpaired) electrons. The van der Waals surface area contributed by atoms with Crippen molar-refractivity contribution in [3.8, 4) is 22.8 Å². The highest BCUT2D eigenvalue weighted by Gasteiger charge is 2.45. The monoisotopic (exact) mass is 430 g/mol. The first kappa shape index (κ1) is 19.1. The molecule has 0 unspecified atom stereocenters. The SMILES string of the molecule is Cc1nc(N)cnc1-c1ccc(C2(c3noc(-c4cnn(C5COC5)c4)n3)CCC2)cn1. The number of aryl methyl sites for hydroxylation is 1. The van der Waals surface area contributed by atoms with Gasteiger partial charge in [0, 0.05) is 12.4 Å². The predicted octanol–water partition coefficient (Wildman–Crippen LogP) is 2.72. The van der Waals surface area contributed by atoms with Crippen LogP contribution in [0.3, 0.4) is 0 Å². The number of nitrogens with zero attached hydrogens (tertiary/aromatic N) is 7. The Balaban J connectivity index is 1.29. The molecule has 2 fully saturated rings. The van der Waals surface area contributed by atoms with Crippen LogP contribution in [0.2, 0.25) is 0 Å². The summed E-state index contributed by atoms with van der Waals surface area (Å²) in [4.78, 5) is 18.1. The fourth-order valence-corrected chi connectivity index (χ4v) is 4.30. The highest BCUT2D eigenvalue weighted by molar-refractivity contribution is 5.58. The van der Waals surface area contributed by atoms with Gasteiger partial charge in [0.05, 0.1) is 54.0 Å². The molecule has 6 rings (SSSR count). The summed E-state index contributed by atoms with van der Waals surface area (Å²) in [5.41, 5.74) is 9.56. The van der Waals surface area contributed by atoms with Crippen molar-refractivity contribution in [3.05, 3.63) is 54.0 Å². The molecule has 10 heteroatoms. The van der Waals surface area contributed by atoms with Crippen molar-refractivity contribution >= 4 is 5.82 Å². The van der Waals surface area contributed by atoms with Gasteiger partial charge in [0.15, 0.2) is 5.82 Å². The van der Waals surface area contributed by atoms with Crippen LogP contribution < -0.4 is 5.73 Å². The van der Waals surface area contributed by atoms with Crippen molar-refractivity contribution in [1.82, 2.24) is 34.9 Å². The number of hydrogen-bond acceptors (Lipinski definition) is 9. The lowest BCUT2D eigenvalue weighted by molar-refractivity contribution is -0.0286.